The molecule has 3 nitrogen and oxygen atoms in total. The van der Waals surface area contributed by atoms with Crippen molar-refractivity contribution >= 4 is 5.97 Å². The van der Waals surface area contributed by atoms with E-state index in [1.54, 1.807) is 0 Å². The second kappa shape index (κ2) is 3.57. The Morgan fingerprint density at radius 1 is 1.42 bits per heavy atom. The fourth-order valence-electron chi connectivity index (χ4n) is 1.73. The van der Waals surface area contributed by atoms with Crippen molar-refractivity contribution in [1.82, 2.24) is 0 Å². The van der Waals surface area contributed by atoms with Gasteiger partial charge in [0, 0.05) is 0 Å². The second-order valence-corrected chi connectivity index (χ2v) is 3.30. The number of hydrogen-bond donors (Lipinski definition) is 1. The van der Waals surface area contributed by atoms with Gasteiger partial charge in [-0.25, -0.2) is 0 Å². The van der Waals surface area contributed by atoms with E-state index in [1.165, 1.54) is 6.42 Å². The largest absolute Gasteiger partial charge is 0.481 e. The molecule has 0 atom stereocenters. The molecule has 1 aliphatic carbocycles. The van der Waals surface area contributed by atoms with Gasteiger partial charge in [-0.1, -0.05) is 19.3 Å². The van der Waals surface area contributed by atoms with E-state index in [2.05, 4.69) is 0 Å². The minimum atomic E-state index is -0.844. The standard InChI is InChI=1S/C9H12NO2/c10-7-6-9(8(11)12)4-2-1-3-5-9/h6H,1-5H2,(H,11,12). The number of aliphatic carboxylic acids is 1. The van der Waals surface area contributed by atoms with Crippen LogP contribution in [0.15, 0.2) is 0 Å². The maximum Gasteiger partial charge on any atom is 0.311 e. The molecular weight excluding hydrogens is 154 g/mol. The highest BCUT2D eigenvalue weighted by atomic mass is 16.4. The third-order valence-electron chi connectivity index (χ3n) is 2.51. The van der Waals surface area contributed by atoms with Gasteiger partial charge in [-0.15, -0.1) is 0 Å². The van der Waals surface area contributed by atoms with Crippen LogP contribution in [0.3, 0.4) is 0 Å². The molecule has 0 aliphatic heterocycles. The average molecular weight is 166 g/mol. The number of nitriles is 1. The van der Waals surface area contributed by atoms with E-state index in [9.17, 15) is 4.79 Å². The lowest BCUT2D eigenvalue weighted by atomic mass is 9.72. The molecule has 12 heavy (non-hydrogen) atoms. The Balaban J connectivity index is 2.71. The fraction of sp³-hybridized carbons (Fsp3) is 0.667. The highest BCUT2D eigenvalue weighted by Gasteiger charge is 2.39. The summed E-state index contributed by atoms with van der Waals surface area (Å²) in [5, 5.41) is 17.4. The van der Waals surface area contributed by atoms with Crippen LogP contribution < -0.4 is 0 Å². The van der Waals surface area contributed by atoms with Crippen LogP contribution >= 0.6 is 0 Å². The minimum absolute atomic E-state index is 0.621. The van der Waals surface area contributed by atoms with Gasteiger partial charge in [0.1, 0.15) is 0 Å². The molecule has 1 N–H and O–H groups in total. The molecule has 1 saturated carbocycles. The van der Waals surface area contributed by atoms with Gasteiger partial charge in [-0.05, 0) is 12.8 Å². The van der Waals surface area contributed by atoms with E-state index in [-0.39, 0.29) is 0 Å². The number of carboxylic acids is 1. The first kappa shape index (κ1) is 9.05. The zero-order chi connectivity index (χ0) is 9.03. The fourth-order valence-corrected chi connectivity index (χ4v) is 1.73. The highest BCUT2D eigenvalue weighted by molar-refractivity contribution is 5.77. The second-order valence-electron chi connectivity index (χ2n) is 3.30. The predicted molar refractivity (Wildman–Crippen MR) is 43.1 cm³/mol. The molecule has 65 valence electrons. The Morgan fingerprint density at radius 2 is 2.00 bits per heavy atom. The van der Waals surface area contributed by atoms with E-state index < -0.39 is 11.4 Å². The van der Waals surface area contributed by atoms with Crippen LogP contribution in [0, 0.1) is 23.2 Å². The number of rotatable bonds is 2. The quantitative estimate of drug-likeness (QED) is 0.679. The van der Waals surface area contributed by atoms with Crippen molar-refractivity contribution in [1.29, 1.82) is 5.26 Å². The molecular formula is C9H12NO2. The molecule has 1 rings (SSSR count). The van der Waals surface area contributed by atoms with Crippen LogP contribution in [0.4, 0.5) is 0 Å². The van der Waals surface area contributed by atoms with Crippen LogP contribution in [0.5, 0.6) is 0 Å². The molecule has 1 fully saturated rings. The highest BCUT2D eigenvalue weighted by Crippen LogP contribution is 2.38. The summed E-state index contributed by atoms with van der Waals surface area (Å²) in [6.45, 7) is 0. The molecule has 0 unspecified atom stereocenters. The molecule has 0 saturated heterocycles. The summed E-state index contributed by atoms with van der Waals surface area (Å²) < 4.78 is 0. The zero-order valence-corrected chi connectivity index (χ0v) is 6.92. The maximum atomic E-state index is 10.9. The summed E-state index contributed by atoms with van der Waals surface area (Å²) in [7, 11) is 0. The molecule has 0 aromatic heterocycles. The summed E-state index contributed by atoms with van der Waals surface area (Å²) >= 11 is 0. The van der Waals surface area contributed by atoms with E-state index in [4.69, 9.17) is 10.4 Å². The lowest BCUT2D eigenvalue weighted by Crippen LogP contribution is -2.33. The number of nitrogens with zero attached hydrogens (tertiary/aromatic N) is 1. The summed E-state index contributed by atoms with van der Waals surface area (Å²) in [6, 6.07) is 1.85. The topological polar surface area (TPSA) is 61.1 Å². The van der Waals surface area contributed by atoms with Crippen molar-refractivity contribution in [2.24, 2.45) is 5.41 Å². The maximum absolute atomic E-state index is 10.9. The van der Waals surface area contributed by atoms with E-state index in [1.807, 2.05) is 6.07 Å². The van der Waals surface area contributed by atoms with Gasteiger partial charge in [0.25, 0.3) is 0 Å². The van der Waals surface area contributed by atoms with Gasteiger partial charge in [0.2, 0.25) is 0 Å². The van der Waals surface area contributed by atoms with Crippen LogP contribution in [0.25, 0.3) is 0 Å². The summed E-state index contributed by atoms with van der Waals surface area (Å²) in [4.78, 5) is 10.9. The van der Waals surface area contributed by atoms with Crippen molar-refractivity contribution in [3.8, 4) is 6.07 Å². The summed E-state index contributed by atoms with van der Waals surface area (Å²) in [5.41, 5.74) is -0.840. The Kier molecular flexibility index (Phi) is 2.69. The smallest absolute Gasteiger partial charge is 0.311 e. The Bertz CT molecular complexity index is 211. The third-order valence-corrected chi connectivity index (χ3v) is 2.51. The molecule has 0 aromatic rings. The molecule has 0 heterocycles. The van der Waals surface area contributed by atoms with Gasteiger partial charge < -0.3 is 5.11 Å². The minimum Gasteiger partial charge on any atom is -0.481 e. The molecule has 3 heteroatoms. The number of hydrogen-bond acceptors (Lipinski definition) is 2. The van der Waals surface area contributed by atoms with Gasteiger partial charge in [0.15, 0.2) is 0 Å². The van der Waals surface area contributed by atoms with Crippen LogP contribution in [-0.4, -0.2) is 11.1 Å². The lowest BCUT2D eigenvalue weighted by Gasteiger charge is -2.30. The van der Waals surface area contributed by atoms with Gasteiger partial charge in [-0.2, -0.15) is 5.26 Å². The van der Waals surface area contributed by atoms with Crippen molar-refractivity contribution < 1.29 is 9.90 Å². The first-order valence-electron chi connectivity index (χ1n) is 4.19. The number of carbonyl (C=O) groups is 1. The normalized spacial score (nSPS) is 21.2. The summed E-state index contributed by atoms with van der Waals surface area (Å²) in [5.74, 6) is -0.844. The van der Waals surface area contributed by atoms with Gasteiger partial charge >= 0.3 is 5.97 Å². The molecule has 0 spiro atoms. The summed E-state index contributed by atoms with van der Waals surface area (Å²) in [6.07, 6.45) is 5.46. The van der Waals surface area contributed by atoms with E-state index in [0.717, 1.165) is 19.3 Å². The monoisotopic (exact) mass is 166 g/mol. The first-order chi connectivity index (χ1) is 5.71. The third kappa shape index (κ3) is 1.58. The average Bonchev–Trinajstić information content (AvgIpc) is 2.06. The lowest BCUT2D eigenvalue weighted by molar-refractivity contribution is -0.148. The zero-order valence-electron chi connectivity index (χ0n) is 6.92. The van der Waals surface area contributed by atoms with Crippen LogP contribution in [0.2, 0.25) is 0 Å². The van der Waals surface area contributed by atoms with Crippen molar-refractivity contribution in [3.63, 3.8) is 0 Å². The Morgan fingerprint density at radius 3 is 2.42 bits per heavy atom. The SMILES string of the molecule is N#C[CH]C1(C(=O)O)CCCCC1. The van der Waals surface area contributed by atoms with Crippen molar-refractivity contribution in [2.75, 3.05) is 0 Å². The Labute approximate surface area is 72.0 Å². The molecule has 1 radical (unpaired) electrons. The molecule has 0 aromatic carbocycles. The van der Waals surface area contributed by atoms with Crippen LogP contribution in [0.1, 0.15) is 32.1 Å². The number of carboxylic acid groups (broad SMARTS) is 1. The van der Waals surface area contributed by atoms with Crippen LogP contribution in [-0.2, 0) is 4.79 Å². The molecule has 1 aliphatic rings. The van der Waals surface area contributed by atoms with Crippen molar-refractivity contribution in [3.05, 3.63) is 6.42 Å². The Hall–Kier alpha value is -1.04. The van der Waals surface area contributed by atoms with Crippen molar-refractivity contribution in [2.45, 2.75) is 32.1 Å². The predicted octanol–water partition coefficient (Wildman–Crippen LogP) is 1.75. The van der Waals surface area contributed by atoms with E-state index in [0.29, 0.717) is 12.8 Å². The van der Waals surface area contributed by atoms with Gasteiger partial charge in [0.05, 0.1) is 17.9 Å². The first-order valence-corrected chi connectivity index (χ1v) is 4.19. The van der Waals surface area contributed by atoms with E-state index >= 15 is 0 Å². The molecule has 0 bridgehead atoms. The molecule has 0 amide bonds. The van der Waals surface area contributed by atoms with Gasteiger partial charge in [-0.3, -0.25) is 4.79 Å².